The number of pyridine rings is 2. The zero-order chi connectivity index (χ0) is 16.8. The third-order valence-electron chi connectivity index (χ3n) is 3.35. The third kappa shape index (κ3) is 3.45. The maximum atomic E-state index is 12.8. The van der Waals surface area contributed by atoms with E-state index in [0.29, 0.717) is 22.7 Å². The Bertz CT molecular complexity index is 857. The number of nitriles is 1. The van der Waals surface area contributed by atoms with Crippen molar-refractivity contribution in [2.24, 2.45) is 0 Å². The standard InChI is InChI=1S/C19H13N3O2/c20-13-14-7-9-15(10-8-14)24-19(17-6-2-4-12-22-17)18(23)16-5-1-3-11-21-16/h1-12,19H. The Kier molecular flexibility index (Phi) is 4.59. The molecule has 0 bridgehead atoms. The Morgan fingerprint density at radius 3 is 2.25 bits per heavy atom. The molecular weight excluding hydrogens is 302 g/mol. The van der Waals surface area contributed by atoms with Crippen LogP contribution in [0.4, 0.5) is 0 Å². The highest BCUT2D eigenvalue weighted by atomic mass is 16.5. The number of nitrogens with zero attached hydrogens (tertiary/aromatic N) is 3. The first-order valence-electron chi connectivity index (χ1n) is 7.31. The van der Waals surface area contributed by atoms with Crippen molar-refractivity contribution in [1.82, 2.24) is 9.97 Å². The Balaban J connectivity index is 1.93. The van der Waals surface area contributed by atoms with Crippen LogP contribution in [0.2, 0.25) is 0 Å². The van der Waals surface area contributed by atoms with E-state index in [2.05, 4.69) is 9.97 Å². The van der Waals surface area contributed by atoms with Crippen LogP contribution < -0.4 is 4.74 Å². The monoisotopic (exact) mass is 315 g/mol. The van der Waals surface area contributed by atoms with Gasteiger partial charge in [0.15, 0.2) is 0 Å². The number of aromatic nitrogens is 2. The molecule has 0 saturated heterocycles. The second-order valence-corrected chi connectivity index (χ2v) is 4.97. The van der Waals surface area contributed by atoms with Gasteiger partial charge in [0.2, 0.25) is 11.9 Å². The lowest BCUT2D eigenvalue weighted by molar-refractivity contribution is 0.0781. The van der Waals surface area contributed by atoms with Gasteiger partial charge in [0, 0.05) is 12.4 Å². The summed E-state index contributed by atoms with van der Waals surface area (Å²) < 4.78 is 5.85. The van der Waals surface area contributed by atoms with E-state index >= 15 is 0 Å². The smallest absolute Gasteiger partial charge is 0.227 e. The van der Waals surface area contributed by atoms with E-state index < -0.39 is 6.10 Å². The highest BCUT2D eigenvalue weighted by molar-refractivity contribution is 5.98. The van der Waals surface area contributed by atoms with Gasteiger partial charge in [0.05, 0.1) is 17.3 Å². The predicted molar refractivity (Wildman–Crippen MR) is 87.3 cm³/mol. The van der Waals surface area contributed by atoms with Crippen molar-refractivity contribution >= 4 is 5.78 Å². The van der Waals surface area contributed by atoms with Crippen molar-refractivity contribution in [2.75, 3.05) is 0 Å². The summed E-state index contributed by atoms with van der Waals surface area (Å²) in [5.74, 6) is 0.201. The summed E-state index contributed by atoms with van der Waals surface area (Å²) >= 11 is 0. The van der Waals surface area contributed by atoms with Gasteiger partial charge in [0.1, 0.15) is 11.4 Å². The van der Waals surface area contributed by atoms with Crippen LogP contribution in [-0.4, -0.2) is 15.8 Å². The molecular formula is C19H13N3O2. The average molecular weight is 315 g/mol. The zero-order valence-corrected chi connectivity index (χ0v) is 12.7. The highest BCUT2D eigenvalue weighted by Gasteiger charge is 2.26. The Labute approximate surface area is 139 Å². The third-order valence-corrected chi connectivity index (χ3v) is 3.35. The van der Waals surface area contributed by atoms with E-state index in [1.807, 2.05) is 6.07 Å². The van der Waals surface area contributed by atoms with Crippen LogP contribution in [-0.2, 0) is 0 Å². The van der Waals surface area contributed by atoms with Crippen molar-refractivity contribution in [3.8, 4) is 11.8 Å². The normalized spacial score (nSPS) is 11.3. The number of ether oxygens (including phenoxy) is 1. The highest BCUT2D eigenvalue weighted by Crippen LogP contribution is 2.24. The molecule has 0 N–H and O–H groups in total. The van der Waals surface area contributed by atoms with Crippen LogP contribution in [0.3, 0.4) is 0 Å². The minimum absolute atomic E-state index is 0.279. The molecule has 1 atom stereocenters. The number of Topliss-reactive ketones (excluding diaryl/α,β-unsaturated/α-hetero) is 1. The van der Waals surface area contributed by atoms with Gasteiger partial charge in [-0.2, -0.15) is 5.26 Å². The first kappa shape index (κ1) is 15.4. The average Bonchev–Trinajstić information content (AvgIpc) is 2.67. The summed E-state index contributed by atoms with van der Waals surface area (Å²) in [5, 5.41) is 8.86. The molecule has 0 spiro atoms. The van der Waals surface area contributed by atoms with Crippen LogP contribution in [0.5, 0.6) is 5.75 Å². The Morgan fingerprint density at radius 1 is 0.958 bits per heavy atom. The molecule has 3 rings (SSSR count). The van der Waals surface area contributed by atoms with Gasteiger partial charge in [-0.1, -0.05) is 12.1 Å². The predicted octanol–water partition coefficient (Wildman–Crippen LogP) is 3.35. The molecule has 0 amide bonds. The van der Waals surface area contributed by atoms with Gasteiger partial charge in [-0.05, 0) is 48.5 Å². The fraction of sp³-hybridized carbons (Fsp3) is 0.0526. The maximum absolute atomic E-state index is 12.8. The van der Waals surface area contributed by atoms with E-state index in [-0.39, 0.29) is 5.78 Å². The number of rotatable bonds is 5. The largest absolute Gasteiger partial charge is 0.476 e. The van der Waals surface area contributed by atoms with Gasteiger partial charge >= 0.3 is 0 Å². The van der Waals surface area contributed by atoms with Gasteiger partial charge in [-0.3, -0.25) is 14.8 Å². The minimum atomic E-state index is -0.908. The lowest BCUT2D eigenvalue weighted by atomic mass is 10.1. The van der Waals surface area contributed by atoms with Crippen LogP contribution in [0.15, 0.2) is 73.1 Å². The van der Waals surface area contributed by atoms with Gasteiger partial charge in [-0.25, -0.2) is 0 Å². The first-order chi connectivity index (χ1) is 11.8. The van der Waals surface area contributed by atoms with E-state index in [4.69, 9.17) is 10.00 Å². The van der Waals surface area contributed by atoms with Gasteiger partial charge in [-0.15, -0.1) is 0 Å². The maximum Gasteiger partial charge on any atom is 0.227 e. The van der Waals surface area contributed by atoms with Crippen molar-refractivity contribution in [2.45, 2.75) is 6.10 Å². The zero-order valence-electron chi connectivity index (χ0n) is 12.7. The van der Waals surface area contributed by atoms with Crippen LogP contribution in [0.1, 0.15) is 27.8 Å². The molecule has 0 fully saturated rings. The molecule has 0 saturated carbocycles. The molecule has 0 aliphatic heterocycles. The second-order valence-electron chi connectivity index (χ2n) is 4.97. The number of hydrogen-bond donors (Lipinski definition) is 0. The minimum Gasteiger partial charge on any atom is -0.476 e. The van der Waals surface area contributed by atoms with Crippen LogP contribution in [0, 0.1) is 11.3 Å². The Morgan fingerprint density at radius 2 is 1.67 bits per heavy atom. The number of ketones is 1. The van der Waals surface area contributed by atoms with Crippen LogP contribution >= 0.6 is 0 Å². The summed E-state index contributed by atoms with van der Waals surface area (Å²) in [4.78, 5) is 21.1. The molecule has 5 nitrogen and oxygen atoms in total. The van der Waals surface area contributed by atoms with E-state index in [1.165, 1.54) is 0 Å². The lowest BCUT2D eigenvalue weighted by Gasteiger charge is -2.17. The molecule has 1 unspecified atom stereocenters. The molecule has 0 aliphatic rings. The number of carbonyl (C=O) groups excluding carboxylic acids is 1. The molecule has 116 valence electrons. The summed E-state index contributed by atoms with van der Waals surface area (Å²) in [6.45, 7) is 0. The quantitative estimate of drug-likeness (QED) is 0.675. The van der Waals surface area contributed by atoms with E-state index in [0.717, 1.165) is 0 Å². The second kappa shape index (κ2) is 7.16. The van der Waals surface area contributed by atoms with E-state index in [1.54, 1.807) is 73.1 Å². The fourth-order valence-electron chi connectivity index (χ4n) is 2.17. The van der Waals surface area contributed by atoms with Crippen LogP contribution in [0.25, 0.3) is 0 Å². The van der Waals surface area contributed by atoms with Gasteiger partial charge < -0.3 is 4.74 Å². The lowest BCUT2D eigenvalue weighted by Crippen LogP contribution is -2.21. The summed E-state index contributed by atoms with van der Waals surface area (Å²) in [6.07, 6.45) is 2.26. The Hall–Kier alpha value is -3.52. The first-order valence-corrected chi connectivity index (χ1v) is 7.31. The van der Waals surface area contributed by atoms with Crippen molar-refractivity contribution in [1.29, 1.82) is 5.26 Å². The molecule has 0 radical (unpaired) electrons. The summed E-state index contributed by atoms with van der Waals surface area (Å²) in [7, 11) is 0. The summed E-state index contributed by atoms with van der Waals surface area (Å²) in [6, 6.07) is 19.0. The molecule has 3 aromatic rings. The molecule has 1 aromatic carbocycles. The molecule has 5 heteroatoms. The van der Waals surface area contributed by atoms with E-state index in [9.17, 15) is 4.79 Å². The van der Waals surface area contributed by atoms with Gasteiger partial charge in [0.25, 0.3) is 0 Å². The number of carbonyl (C=O) groups is 1. The number of benzene rings is 1. The van der Waals surface area contributed by atoms with Crippen molar-refractivity contribution < 1.29 is 9.53 Å². The molecule has 2 heterocycles. The topological polar surface area (TPSA) is 75.9 Å². The van der Waals surface area contributed by atoms with Crippen molar-refractivity contribution in [3.63, 3.8) is 0 Å². The fourth-order valence-corrected chi connectivity index (χ4v) is 2.17. The molecule has 0 aliphatic carbocycles. The number of hydrogen-bond acceptors (Lipinski definition) is 5. The molecule has 24 heavy (non-hydrogen) atoms. The van der Waals surface area contributed by atoms with Crippen molar-refractivity contribution in [3.05, 3.63) is 90.0 Å². The molecule has 2 aromatic heterocycles. The summed E-state index contributed by atoms with van der Waals surface area (Å²) in [5.41, 5.74) is 1.33. The SMILES string of the molecule is N#Cc1ccc(OC(C(=O)c2ccccn2)c2ccccn2)cc1.